The molecular weight excluding hydrogens is 224 g/mol. The molecule has 1 unspecified atom stereocenters. The SMILES string of the molecule is Cc1cc(C)c(C)c(C(N)C2(CN)COC2)c1C. The number of nitrogens with two attached hydrogens (primary N) is 2. The molecule has 3 nitrogen and oxygen atoms in total. The van der Waals surface area contributed by atoms with E-state index in [-0.39, 0.29) is 11.5 Å². The van der Waals surface area contributed by atoms with Crippen molar-refractivity contribution >= 4 is 0 Å². The number of ether oxygens (including phenoxy) is 1. The van der Waals surface area contributed by atoms with Gasteiger partial charge in [-0.05, 0) is 55.5 Å². The Kier molecular flexibility index (Phi) is 3.49. The van der Waals surface area contributed by atoms with Crippen LogP contribution in [0.3, 0.4) is 0 Å². The molecule has 2 rings (SSSR count). The minimum atomic E-state index is -0.0737. The van der Waals surface area contributed by atoms with E-state index in [9.17, 15) is 0 Å². The highest BCUT2D eigenvalue weighted by Crippen LogP contribution is 2.41. The van der Waals surface area contributed by atoms with Crippen molar-refractivity contribution in [3.8, 4) is 0 Å². The van der Waals surface area contributed by atoms with Gasteiger partial charge in [0.15, 0.2) is 0 Å². The molecule has 0 amide bonds. The highest BCUT2D eigenvalue weighted by molar-refractivity contribution is 5.46. The lowest BCUT2D eigenvalue weighted by Gasteiger charge is -2.46. The fraction of sp³-hybridized carbons (Fsp3) is 0.600. The summed E-state index contributed by atoms with van der Waals surface area (Å²) in [7, 11) is 0. The molecule has 1 aromatic carbocycles. The number of hydrogen-bond acceptors (Lipinski definition) is 3. The van der Waals surface area contributed by atoms with Crippen molar-refractivity contribution in [2.45, 2.75) is 33.7 Å². The van der Waals surface area contributed by atoms with E-state index < -0.39 is 0 Å². The van der Waals surface area contributed by atoms with E-state index in [1.807, 2.05) is 0 Å². The zero-order valence-corrected chi connectivity index (χ0v) is 11.8. The van der Waals surface area contributed by atoms with Gasteiger partial charge in [0.05, 0.1) is 13.2 Å². The summed E-state index contributed by atoms with van der Waals surface area (Å²) in [4.78, 5) is 0. The van der Waals surface area contributed by atoms with Crippen LogP contribution in [0, 0.1) is 33.1 Å². The van der Waals surface area contributed by atoms with E-state index in [2.05, 4.69) is 33.8 Å². The van der Waals surface area contributed by atoms with Crippen LogP contribution in [0.4, 0.5) is 0 Å². The Balaban J connectivity index is 2.50. The van der Waals surface area contributed by atoms with Crippen LogP contribution >= 0.6 is 0 Å². The molecule has 0 aromatic heterocycles. The summed E-state index contributed by atoms with van der Waals surface area (Å²) in [6, 6.07) is 2.20. The van der Waals surface area contributed by atoms with Crippen molar-refractivity contribution in [2.24, 2.45) is 16.9 Å². The minimum absolute atomic E-state index is 0.0325. The normalized spacial score (nSPS) is 19.4. The van der Waals surface area contributed by atoms with Crippen molar-refractivity contribution in [3.63, 3.8) is 0 Å². The molecule has 0 aliphatic carbocycles. The maximum Gasteiger partial charge on any atom is 0.0575 e. The first-order valence-corrected chi connectivity index (χ1v) is 6.53. The number of hydrogen-bond donors (Lipinski definition) is 2. The van der Waals surface area contributed by atoms with E-state index in [1.54, 1.807) is 0 Å². The molecule has 0 radical (unpaired) electrons. The zero-order chi connectivity index (χ0) is 13.5. The monoisotopic (exact) mass is 248 g/mol. The first-order valence-electron chi connectivity index (χ1n) is 6.53. The molecule has 3 heteroatoms. The second kappa shape index (κ2) is 4.65. The largest absolute Gasteiger partial charge is 0.380 e. The van der Waals surface area contributed by atoms with Gasteiger partial charge in [-0.15, -0.1) is 0 Å². The van der Waals surface area contributed by atoms with Crippen molar-refractivity contribution < 1.29 is 4.74 Å². The Morgan fingerprint density at radius 3 is 2.00 bits per heavy atom. The summed E-state index contributed by atoms with van der Waals surface area (Å²) in [5, 5.41) is 0. The zero-order valence-electron chi connectivity index (χ0n) is 11.8. The van der Waals surface area contributed by atoms with E-state index >= 15 is 0 Å². The van der Waals surface area contributed by atoms with Crippen LogP contribution in [0.15, 0.2) is 6.07 Å². The third-order valence-electron chi connectivity index (χ3n) is 4.58. The lowest BCUT2D eigenvalue weighted by molar-refractivity contribution is -0.121. The second-order valence-electron chi connectivity index (χ2n) is 5.71. The quantitative estimate of drug-likeness (QED) is 0.858. The molecule has 1 aliphatic rings. The summed E-state index contributed by atoms with van der Waals surface area (Å²) in [5.41, 5.74) is 18.8. The molecule has 0 saturated carbocycles. The van der Waals surface area contributed by atoms with Gasteiger partial charge in [-0.3, -0.25) is 0 Å². The van der Waals surface area contributed by atoms with Gasteiger partial charge in [0, 0.05) is 18.0 Å². The van der Waals surface area contributed by atoms with Crippen LogP contribution in [-0.4, -0.2) is 19.8 Å². The van der Waals surface area contributed by atoms with E-state index in [1.165, 1.54) is 27.8 Å². The summed E-state index contributed by atoms with van der Waals surface area (Å²) in [6.07, 6.45) is 0. The summed E-state index contributed by atoms with van der Waals surface area (Å²) in [5.74, 6) is 0. The van der Waals surface area contributed by atoms with E-state index in [4.69, 9.17) is 16.2 Å². The van der Waals surface area contributed by atoms with Gasteiger partial charge < -0.3 is 16.2 Å². The Morgan fingerprint density at radius 1 is 1.17 bits per heavy atom. The molecule has 18 heavy (non-hydrogen) atoms. The molecule has 100 valence electrons. The highest BCUT2D eigenvalue weighted by atomic mass is 16.5. The van der Waals surface area contributed by atoms with Crippen LogP contribution in [0.25, 0.3) is 0 Å². The van der Waals surface area contributed by atoms with Gasteiger partial charge in [0.2, 0.25) is 0 Å². The van der Waals surface area contributed by atoms with Gasteiger partial charge in [-0.2, -0.15) is 0 Å². The lowest BCUT2D eigenvalue weighted by Crippen LogP contribution is -2.55. The maximum atomic E-state index is 6.53. The molecular formula is C15H24N2O. The Morgan fingerprint density at radius 2 is 1.67 bits per heavy atom. The smallest absolute Gasteiger partial charge is 0.0575 e. The highest BCUT2D eigenvalue weighted by Gasteiger charge is 2.44. The molecule has 0 spiro atoms. The fourth-order valence-corrected chi connectivity index (χ4v) is 2.81. The summed E-state index contributed by atoms with van der Waals surface area (Å²) in [6.45, 7) is 10.5. The number of aryl methyl sites for hydroxylation is 2. The third-order valence-corrected chi connectivity index (χ3v) is 4.58. The minimum Gasteiger partial charge on any atom is -0.380 e. The summed E-state index contributed by atoms with van der Waals surface area (Å²) < 4.78 is 5.35. The lowest BCUT2D eigenvalue weighted by atomic mass is 9.72. The standard InChI is InChI=1S/C15H24N2O/c1-9-5-10(2)12(4)13(11(9)3)14(17)15(6-16)7-18-8-15/h5,14H,6-8,16-17H2,1-4H3. The van der Waals surface area contributed by atoms with Crippen molar-refractivity contribution in [1.29, 1.82) is 0 Å². The summed E-state index contributed by atoms with van der Waals surface area (Å²) >= 11 is 0. The van der Waals surface area contributed by atoms with E-state index in [0.717, 1.165) is 0 Å². The molecule has 1 atom stereocenters. The molecule has 1 aromatic rings. The Bertz CT molecular complexity index is 432. The van der Waals surface area contributed by atoms with Crippen LogP contribution in [0.1, 0.15) is 33.9 Å². The molecule has 1 heterocycles. The predicted octanol–water partition coefficient (Wildman–Crippen LogP) is 1.90. The predicted molar refractivity (Wildman–Crippen MR) is 74.6 cm³/mol. The Labute approximate surface area is 110 Å². The van der Waals surface area contributed by atoms with Crippen LogP contribution < -0.4 is 11.5 Å². The van der Waals surface area contributed by atoms with Gasteiger partial charge >= 0.3 is 0 Å². The van der Waals surface area contributed by atoms with Gasteiger partial charge in [0.1, 0.15) is 0 Å². The van der Waals surface area contributed by atoms with Crippen molar-refractivity contribution in [1.82, 2.24) is 0 Å². The van der Waals surface area contributed by atoms with Gasteiger partial charge in [-0.1, -0.05) is 6.07 Å². The molecule has 1 saturated heterocycles. The van der Waals surface area contributed by atoms with Crippen molar-refractivity contribution in [2.75, 3.05) is 19.8 Å². The maximum absolute atomic E-state index is 6.53. The van der Waals surface area contributed by atoms with Crippen molar-refractivity contribution in [3.05, 3.63) is 33.9 Å². The van der Waals surface area contributed by atoms with Gasteiger partial charge in [0.25, 0.3) is 0 Å². The average Bonchev–Trinajstić information content (AvgIpc) is 2.26. The van der Waals surface area contributed by atoms with Gasteiger partial charge in [-0.25, -0.2) is 0 Å². The third kappa shape index (κ3) is 1.87. The molecule has 1 aliphatic heterocycles. The average molecular weight is 248 g/mol. The Hall–Kier alpha value is -0.900. The fourth-order valence-electron chi connectivity index (χ4n) is 2.81. The molecule has 4 N–H and O–H groups in total. The molecule has 0 bridgehead atoms. The van der Waals surface area contributed by atoms with Crippen LogP contribution in [0.2, 0.25) is 0 Å². The second-order valence-corrected chi connectivity index (χ2v) is 5.71. The number of rotatable bonds is 3. The first kappa shape index (κ1) is 13.5. The van der Waals surface area contributed by atoms with Crippen LogP contribution in [-0.2, 0) is 4.74 Å². The van der Waals surface area contributed by atoms with E-state index in [0.29, 0.717) is 19.8 Å². The van der Waals surface area contributed by atoms with Crippen LogP contribution in [0.5, 0.6) is 0 Å². The number of benzene rings is 1. The first-order chi connectivity index (χ1) is 8.43. The molecule has 1 fully saturated rings. The topological polar surface area (TPSA) is 61.3 Å².